The Bertz CT molecular complexity index is 1050. The van der Waals surface area contributed by atoms with Crippen LogP contribution >= 0.6 is 11.6 Å². The maximum Gasteiger partial charge on any atom is 0.257 e. The van der Waals surface area contributed by atoms with Gasteiger partial charge in [-0.2, -0.15) is 5.10 Å². The number of ether oxygens (including phenoxy) is 2. The molecule has 1 aromatic heterocycles. The molecule has 0 aliphatic heterocycles. The summed E-state index contributed by atoms with van der Waals surface area (Å²) < 4.78 is 12.7. The highest BCUT2D eigenvalue weighted by atomic mass is 35.5. The van der Waals surface area contributed by atoms with Crippen molar-refractivity contribution in [3.63, 3.8) is 0 Å². The van der Waals surface area contributed by atoms with Crippen molar-refractivity contribution in [2.45, 2.75) is 13.0 Å². The lowest BCUT2D eigenvalue weighted by molar-refractivity contribution is 0.0917. The number of anilines is 1. The topological polar surface area (TPSA) is 65.4 Å². The zero-order chi connectivity index (χ0) is 21.5. The van der Waals surface area contributed by atoms with Crippen molar-refractivity contribution in [3.05, 3.63) is 76.4 Å². The third-order valence-corrected chi connectivity index (χ3v) is 4.59. The first-order valence-corrected chi connectivity index (χ1v) is 9.86. The van der Waals surface area contributed by atoms with Crippen molar-refractivity contribution in [1.82, 2.24) is 9.78 Å². The normalized spacial score (nSPS) is 12.1. The molecule has 0 saturated heterocycles. The quantitative estimate of drug-likeness (QED) is 0.521. The van der Waals surface area contributed by atoms with Crippen LogP contribution in [0, 0.1) is 0 Å². The van der Waals surface area contributed by atoms with Crippen molar-refractivity contribution >= 4 is 35.5 Å². The number of benzene rings is 2. The Balaban J connectivity index is 1.89. The summed E-state index contributed by atoms with van der Waals surface area (Å²) >= 11 is 6.24. The summed E-state index contributed by atoms with van der Waals surface area (Å²) in [5.41, 5.74) is 2.16. The molecular weight excluding hydrogens is 402 g/mol. The first-order valence-electron chi connectivity index (χ1n) is 9.49. The van der Waals surface area contributed by atoms with Gasteiger partial charge in [-0.25, -0.2) is 0 Å². The van der Waals surface area contributed by atoms with Gasteiger partial charge in [0.15, 0.2) is 5.82 Å². The van der Waals surface area contributed by atoms with E-state index in [0.29, 0.717) is 28.8 Å². The maximum atomic E-state index is 12.8. The van der Waals surface area contributed by atoms with Crippen LogP contribution in [-0.4, -0.2) is 35.5 Å². The minimum Gasteiger partial charge on any atom is -0.488 e. The van der Waals surface area contributed by atoms with E-state index < -0.39 is 0 Å². The number of halogens is 1. The highest BCUT2D eigenvalue weighted by molar-refractivity contribution is 6.32. The van der Waals surface area contributed by atoms with Gasteiger partial charge >= 0.3 is 0 Å². The Kier molecular flexibility index (Phi) is 7.27. The average Bonchev–Trinajstić information content (AvgIpc) is 3.12. The number of hydrogen-bond acceptors (Lipinski definition) is 4. The standard InChI is InChI=1S/C23H24ClN3O3/c1-16(15-29-3)30-20-13-17(8-9-18-6-4-5-7-21(18)24)12-19(14-20)23(28)25-22-10-11-27(2)26-22/h4-14,16H,15H2,1-3H3,(H,25,26,28)/b9-8+/t16-/m0/s1. The summed E-state index contributed by atoms with van der Waals surface area (Å²) in [7, 11) is 3.41. The molecule has 30 heavy (non-hydrogen) atoms. The number of methoxy groups -OCH3 is 1. The van der Waals surface area contributed by atoms with Crippen LogP contribution in [0.3, 0.4) is 0 Å². The van der Waals surface area contributed by atoms with Gasteiger partial charge in [0.2, 0.25) is 0 Å². The summed E-state index contributed by atoms with van der Waals surface area (Å²) in [6.45, 7) is 2.35. The number of rotatable bonds is 8. The van der Waals surface area contributed by atoms with E-state index in [1.165, 1.54) is 0 Å². The monoisotopic (exact) mass is 425 g/mol. The van der Waals surface area contributed by atoms with E-state index in [1.807, 2.05) is 49.4 Å². The number of amides is 1. The van der Waals surface area contributed by atoms with Crippen LogP contribution in [0.15, 0.2) is 54.7 Å². The van der Waals surface area contributed by atoms with E-state index in [0.717, 1.165) is 11.1 Å². The van der Waals surface area contributed by atoms with Gasteiger partial charge in [0, 0.05) is 37.0 Å². The van der Waals surface area contributed by atoms with Gasteiger partial charge in [-0.05, 0) is 42.3 Å². The first kappa shape index (κ1) is 21.6. The molecule has 0 aliphatic carbocycles. The molecule has 2 aromatic carbocycles. The molecule has 0 saturated carbocycles. The minimum atomic E-state index is -0.272. The van der Waals surface area contributed by atoms with E-state index in [9.17, 15) is 4.79 Å². The van der Waals surface area contributed by atoms with Gasteiger partial charge in [0.1, 0.15) is 11.9 Å². The highest BCUT2D eigenvalue weighted by Gasteiger charge is 2.12. The second-order valence-electron chi connectivity index (χ2n) is 6.86. The van der Waals surface area contributed by atoms with Gasteiger partial charge in [0.05, 0.1) is 6.61 Å². The van der Waals surface area contributed by atoms with Crippen molar-refractivity contribution in [3.8, 4) is 5.75 Å². The Labute approximate surface area is 181 Å². The lowest BCUT2D eigenvalue weighted by Gasteiger charge is -2.15. The van der Waals surface area contributed by atoms with E-state index in [1.54, 1.807) is 43.2 Å². The van der Waals surface area contributed by atoms with Crippen LogP contribution in [-0.2, 0) is 11.8 Å². The Morgan fingerprint density at radius 1 is 1.23 bits per heavy atom. The lowest BCUT2D eigenvalue weighted by atomic mass is 10.1. The molecule has 3 rings (SSSR count). The number of carbonyl (C=O) groups excluding carboxylic acids is 1. The zero-order valence-electron chi connectivity index (χ0n) is 17.1. The predicted molar refractivity (Wildman–Crippen MR) is 120 cm³/mol. The van der Waals surface area contributed by atoms with E-state index in [2.05, 4.69) is 10.4 Å². The molecule has 1 atom stereocenters. The molecule has 156 valence electrons. The fourth-order valence-electron chi connectivity index (χ4n) is 2.88. The third-order valence-electron chi connectivity index (χ3n) is 4.25. The fourth-order valence-corrected chi connectivity index (χ4v) is 3.08. The zero-order valence-corrected chi connectivity index (χ0v) is 17.9. The molecule has 1 heterocycles. The molecular formula is C23H24ClN3O3. The maximum absolute atomic E-state index is 12.8. The Morgan fingerprint density at radius 3 is 2.73 bits per heavy atom. The number of nitrogens with one attached hydrogen (secondary N) is 1. The molecule has 1 amide bonds. The smallest absolute Gasteiger partial charge is 0.257 e. The SMILES string of the molecule is COC[C@H](C)Oc1cc(/C=C/c2ccccc2Cl)cc(C(=O)Nc2ccn(C)n2)c1. The summed E-state index contributed by atoms with van der Waals surface area (Å²) in [6.07, 6.45) is 5.40. The van der Waals surface area contributed by atoms with Gasteiger partial charge in [-0.1, -0.05) is 42.0 Å². The van der Waals surface area contributed by atoms with Gasteiger partial charge < -0.3 is 14.8 Å². The summed E-state index contributed by atoms with van der Waals surface area (Å²) in [5.74, 6) is 0.785. The lowest BCUT2D eigenvalue weighted by Crippen LogP contribution is -2.19. The van der Waals surface area contributed by atoms with Gasteiger partial charge in [-0.15, -0.1) is 0 Å². The summed E-state index contributed by atoms with van der Waals surface area (Å²) in [5, 5.41) is 7.64. The molecule has 0 aliphatic rings. The molecule has 3 aromatic rings. The number of carbonyl (C=O) groups is 1. The molecule has 0 unspecified atom stereocenters. The molecule has 7 heteroatoms. The average molecular weight is 426 g/mol. The first-order chi connectivity index (χ1) is 14.4. The van der Waals surface area contributed by atoms with Gasteiger partial charge in [0.25, 0.3) is 5.91 Å². The van der Waals surface area contributed by atoms with Crippen LogP contribution in [0.2, 0.25) is 5.02 Å². The minimum absolute atomic E-state index is 0.163. The number of nitrogens with zero attached hydrogens (tertiary/aromatic N) is 2. The number of aromatic nitrogens is 2. The number of hydrogen-bond donors (Lipinski definition) is 1. The van der Waals surface area contributed by atoms with Crippen LogP contribution in [0.5, 0.6) is 5.75 Å². The molecule has 0 spiro atoms. The molecule has 6 nitrogen and oxygen atoms in total. The Hall–Kier alpha value is -3.09. The molecule has 0 fully saturated rings. The van der Waals surface area contributed by atoms with Crippen LogP contribution in [0.4, 0.5) is 5.82 Å². The summed E-state index contributed by atoms with van der Waals surface area (Å²) in [6, 6.07) is 14.7. The van der Waals surface area contributed by atoms with Crippen molar-refractivity contribution in [2.75, 3.05) is 19.0 Å². The summed E-state index contributed by atoms with van der Waals surface area (Å²) in [4.78, 5) is 12.8. The molecule has 1 N–H and O–H groups in total. The second kappa shape index (κ2) is 10.1. The van der Waals surface area contributed by atoms with Gasteiger partial charge in [-0.3, -0.25) is 9.48 Å². The highest BCUT2D eigenvalue weighted by Crippen LogP contribution is 2.23. The van der Waals surface area contributed by atoms with Crippen LogP contribution < -0.4 is 10.1 Å². The van der Waals surface area contributed by atoms with Crippen molar-refractivity contribution in [1.29, 1.82) is 0 Å². The molecule has 0 bridgehead atoms. The predicted octanol–water partition coefficient (Wildman–Crippen LogP) is 4.91. The molecule has 0 radical (unpaired) electrons. The van der Waals surface area contributed by atoms with E-state index in [-0.39, 0.29) is 12.0 Å². The Morgan fingerprint density at radius 2 is 2.03 bits per heavy atom. The van der Waals surface area contributed by atoms with Crippen molar-refractivity contribution in [2.24, 2.45) is 7.05 Å². The fraction of sp³-hybridized carbons (Fsp3) is 0.217. The van der Waals surface area contributed by atoms with E-state index in [4.69, 9.17) is 21.1 Å². The van der Waals surface area contributed by atoms with Crippen LogP contribution in [0.25, 0.3) is 12.2 Å². The van der Waals surface area contributed by atoms with Crippen LogP contribution in [0.1, 0.15) is 28.4 Å². The largest absolute Gasteiger partial charge is 0.488 e. The van der Waals surface area contributed by atoms with E-state index >= 15 is 0 Å². The second-order valence-corrected chi connectivity index (χ2v) is 7.27. The number of aryl methyl sites for hydroxylation is 1. The van der Waals surface area contributed by atoms with Crippen molar-refractivity contribution < 1.29 is 14.3 Å². The third kappa shape index (κ3) is 5.95.